The summed E-state index contributed by atoms with van der Waals surface area (Å²) in [5, 5.41) is 11.6. The predicted octanol–water partition coefficient (Wildman–Crippen LogP) is 1.93. The SMILES string of the molecule is Cc1nnn(Cc2cccc(F)c2Br)n1. The van der Waals surface area contributed by atoms with E-state index < -0.39 is 0 Å². The van der Waals surface area contributed by atoms with Crippen LogP contribution >= 0.6 is 15.9 Å². The van der Waals surface area contributed by atoms with Crippen molar-refractivity contribution in [3.63, 3.8) is 0 Å². The second-order valence-corrected chi connectivity index (χ2v) is 3.87. The summed E-state index contributed by atoms with van der Waals surface area (Å²) in [5.74, 6) is 0.312. The quantitative estimate of drug-likeness (QED) is 0.838. The van der Waals surface area contributed by atoms with Crippen LogP contribution in [0.4, 0.5) is 4.39 Å². The number of benzene rings is 1. The highest BCUT2D eigenvalue weighted by molar-refractivity contribution is 9.10. The zero-order valence-electron chi connectivity index (χ0n) is 7.98. The first-order valence-electron chi connectivity index (χ1n) is 4.34. The van der Waals surface area contributed by atoms with Crippen molar-refractivity contribution in [2.45, 2.75) is 13.5 Å². The van der Waals surface area contributed by atoms with Crippen molar-refractivity contribution < 1.29 is 4.39 Å². The summed E-state index contributed by atoms with van der Waals surface area (Å²) in [6.45, 7) is 2.16. The monoisotopic (exact) mass is 270 g/mol. The summed E-state index contributed by atoms with van der Waals surface area (Å²) >= 11 is 3.18. The van der Waals surface area contributed by atoms with Crippen LogP contribution in [0.15, 0.2) is 22.7 Å². The molecule has 0 atom stereocenters. The van der Waals surface area contributed by atoms with Crippen LogP contribution < -0.4 is 0 Å². The van der Waals surface area contributed by atoms with Gasteiger partial charge in [0.25, 0.3) is 0 Å². The minimum absolute atomic E-state index is 0.288. The Kier molecular flexibility index (Phi) is 2.77. The normalized spacial score (nSPS) is 10.6. The zero-order chi connectivity index (χ0) is 10.8. The van der Waals surface area contributed by atoms with Gasteiger partial charge < -0.3 is 0 Å². The number of aromatic nitrogens is 4. The Morgan fingerprint density at radius 3 is 2.93 bits per heavy atom. The molecule has 1 heterocycles. The van der Waals surface area contributed by atoms with Crippen molar-refractivity contribution >= 4 is 15.9 Å². The summed E-state index contributed by atoms with van der Waals surface area (Å²) in [4.78, 5) is 1.43. The highest BCUT2D eigenvalue weighted by atomic mass is 79.9. The highest BCUT2D eigenvalue weighted by Crippen LogP contribution is 2.20. The lowest BCUT2D eigenvalue weighted by molar-refractivity contribution is 0.562. The molecule has 0 radical (unpaired) electrons. The van der Waals surface area contributed by atoms with Gasteiger partial charge in [0.05, 0.1) is 11.0 Å². The molecule has 0 aliphatic rings. The smallest absolute Gasteiger partial charge is 0.171 e. The summed E-state index contributed by atoms with van der Waals surface area (Å²) in [5.41, 5.74) is 0.785. The Hall–Kier alpha value is -1.30. The van der Waals surface area contributed by atoms with E-state index in [-0.39, 0.29) is 5.82 Å². The fourth-order valence-corrected chi connectivity index (χ4v) is 1.60. The molecule has 0 N–H and O–H groups in total. The second-order valence-electron chi connectivity index (χ2n) is 3.08. The molecule has 1 aromatic heterocycles. The minimum Gasteiger partial charge on any atom is -0.206 e. The maximum atomic E-state index is 13.2. The van der Waals surface area contributed by atoms with E-state index in [2.05, 4.69) is 31.3 Å². The lowest BCUT2D eigenvalue weighted by Gasteiger charge is -2.03. The molecule has 0 fully saturated rings. The maximum absolute atomic E-state index is 13.2. The van der Waals surface area contributed by atoms with Gasteiger partial charge >= 0.3 is 0 Å². The van der Waals surface area contributed by atoms with Gasteiger partial charge in [0, 0.05) is 0 Å². The Bertz CT molecular complexity index is 483. The standard InChI is InChI=1S/C9H8BrFN4/c1-6-12-14-15(13-6)5-7-3-2-4-8(11)9(7)10/h2-4H,5H2,1H3. The molecule has 78 valence electrons. The van der Waals surface area contributed by atoms with E-state index in [4.69, 9.17) is 0 Å². The van der Waals surface area contributed by atoms with Gasteiger partial charge in [-0.1, -0.05) is 12.1 Å². The van der Waals surface area contributed by atoms with Gasteiger partial charge in [-0.15, -0.1) is 10.2 Å². The summed E-state index contributed by atoms with van der Waals surface area (Å²) < 4.78 is 13.6. The third-order valence-corrected chi connectivity index (χ3v) is 2.78. The van der Waals surface area contributed by atoms with Crippen LogP contribution in [-0.4, -0.2) is 20.2 Å². The van der Waals surface area contributed by atoms with Crippen molar-refractivity contribution in [2.24, 2.45) is 0 Å². The van der Waals surface area contributed by atoms with Gasteiger partial charge in [-0.3, -0.25) is 0 Å². The van der Waals surface area contributed by atoms with E-state index in [9.17, 15) is 4.39 Å². The molecule has 0 aliphatic heterocycles. The van der Waals surface area contributed by atoms with Crippen molar-refractivity contribution in [2.75, 3.05) is 0 Å². The zero-order valence-corrected chi connectivity index (χ0v) is 9.57. The van der Waals surface area contributed by atoms with Crippen LogP contribution in [0.25, 0.3) is 0 Å². The molecule has 0 unspecified atom stereocenters. The lowest BCUT2D eigenvalue weighted by atomic mass is 10.2. The van der Waals surface area contributed by atoms with Gasteiger partial charge in [0.15, 0.2) is 5.82 Å². The second kappa shape index (κ2) is 4.06. The number of rotatable bonds is 2. The lowest BCUT2D eigenvalue weighted by Crippen LogP contribution is -2.05. The van der Waals surface area contributed by atoms with E-state index in [1.54, 1.807) is 13.0 Å². The van der Waals surface area contributed by atoms with Gasteiger partial charge in [-0.25, -0.2) is 4.39 Å². The Morgan fingerprint density at radius 1 is 1.47 bits per heavy atom. The van der Waals surface area contributed by atoms with E-state index in [1.807, 2.05) is 6.07 Å². The first-order chi connectivity index (χ1) is 7.16. The van der Waals surface area contributed by atoms with Crippen LogP contribution in [0.3, 0.4) is 0 Å². The minimum atomic E-state index is -0.288. The molecule has 15 heavy (non-hydrogen) atoms. The summed E-state index contributed by atoms with van der Waals surface area (Å²) in [6, 6.07) is 4.86. The van der Waals surface area contributed by atoms with Crippen LogP contribution in [0.2, 0.25) is 0 Å². The van der Waals surface area contributed by atoms with Crippen LogP contribution in [0.1, 0.15) is 11.4 Å². The van der Waals surface area contributed by atoms with Crippen LogP contribution in [0, 0.1) is 12.7 Å². The molecule has 2 rings (SSSR count). The fourth-order valence-electron chi connectivity index (χ4n) is 1.21. The average molecular weight is 271 g/mol. The number of hydrogen-bond donors (Lipinski definition) is 0. The van der Waals surface area contributed by atoms with Gasteiger partial charge in [0.2, 0.25) is 0 Å². The molecule has 0 bridgehead atoms. The number of tetrazole rings is 1. The molecule has 4 nitrogen and oxygen atoms in total. The molecule has 6 heteroatoms. The number of halogens is 2. The fraction of sp³-hybridized carbons (Fsp3) is 0.222. The molecule has 0 saturated carbocycles. The number of aryl methyl sites for hydroxylation is 1. The van der Waals surface area contributed by atoms with Crippen molar-refractivity contribution in [1.82, 2.24) is 20.2 Å². The molecule has 2 aromatic rings. The van der Waals surface area contributed by atoms with Crippen LogP contribution in [0.5, 0.6) is 0 Å². The highest BCUT2D eigenvalue weighted by Gasteiger charge is 2.07. The Morgan fingerprint density at radius 2 is 2.27 bits per heavy atom. The Balaban J connectivity index is 2.28. The summed E-state index contributed by atoms with van der Waals surface area (Å²) in [6.07, 6.45) is 0. The molecule has 0 amide bonds. The third kappa shape index (κ3) is 2.20. The largest absolute Gasteiger partial charge is 0.206 e. The number of hydrogen-bond acceptors (Lipinski definition) is 3. The van der Waals surface area contributed by atoms with Crippen molar-refractivity contribution in [3.8, 4) is 0 Å². The third-order valence-electron chi connectivity index (χ3n) is 1.90. The Labute approximate surface area is 94.2 Å². The molecule has 1 aromatic carbocycles. The predicted molar refractivity (Wildman–Crippen MR) is 55.8 cm³/mol. The van der Waals surface area contributed by atoms with Gasteiger partial charge in [-0.05, 0) is 39.7 Å². The van der Waals surface area contributed by atoms with E-state index in [0.717, 1.165) is 5.56 Å². The van der Waals surface area contributed by atoms with E-state index >= 15 is 0 Å². The molecular weight excluding hydrogens is 263 g/mol. The van der Waals surface area contributed by atoms with Gasteiger partial charge in [0.1, 0.15) is 5.82 Å². The van der Waals surface area contributed by atoms with E-state index in [1.165, 1.54) is 10.9 Å². The maximum Gasteiger partial charge on any atom is 0.171 e. The van der Waals surface area contributed by atoms with Crippen molar-refractivity contribution in [3.05, 3.63) is 39.9 Å². The summed E-state index contributed by atoms with van der Waals surface area (Å²) in [7, 11) is 0. The molecule has 0 aliphatic carbocycles. The topological polar surface area (TPSA) is 43.6 Å². The van der Waals surface area contributed by atoms with Gasteiger partial charge in [-0.2, -0.15) is 4.80 Å². The molecular formula is C9H8BrFN4. The first kappa shape index (κ1) is 10.2. The van der Waals surface area contributed by atoms with E-state index in [0.29, 0.717) is 16.8 Å². The average Bonchev–Trinajstić information content (AvgIpc) is 2.59. The molecule has 0 saturated heterocycles. The molecule has 0 spiro atoms. The first-order valence-corrected chi connectivity index (χ1v) is 5.13. The number of nitrogens with zero attached hydrogens (tertiary/aromatic N) is 4. The van der Waals surface area contributed by atoms with Crippen LogP contribution in [-0.2, 0) is 6.54 Å². The van der Waals surface area contributed by atoms with Crippen molar-refractivity contribution in [1.29, 1.82) is 0 Å².